The molecule has 1 aromatic carbocycles. The lowest BCUT2D eigenvalue weighted by molar-refractivity contribution is 0.161. The van der Waals surface area contributed by atoms with Gasteiger partial charge in [-0.3, -0.25) is 0 Å². The second kappa shape index (κ2) is 7.19. The molecular formula is C12H17Cl2NO2. The number of nitrogens with one attached hydrogen (secondary N) is 1. The van der Waals surface area contributed by atoms with Crippen LogP contribution in [0.25, 0.3) is 0 Å². The Labute approximate surface area is 111 Å². The van der Waals surface area contributed by atoms with Crippen molar-refractivity contribution in [2.45, 2.75) is 25.4 Å². The lowest BCUT2D eigenvalue weighted by Gasteiger charge is -2.23. The minimum Gasteiger partial charge on any atom is -0.395 e. The summed E-state index contributed by atoms with van der Waals surface area (Å²) >= 11 is 12.0. The standard InChI is InChI=1S/C12H17Cl2NO2/c1-2-12(15-9(6-16)7-17)10-4-3-8(13)5-11(10)14/h3-5,9,12,15-17H,2,6-7H2,1H3. The van der Waals surface area contributed by atoms with Crippen molar-refractivity contribution < 1.29 is 10.2 Å². The molecule has 96 valence electrons. The Morgan fingerprint density at radius 2 is 1.88 bits per heavy atom. The van der Waals surface area contributed by atoms with Crippen LogP contribution >= 0.6 is 23.2 Å². The molecule has 0 fully saturated rings. The van der Waals surface area contributed by atoms with Crippen LogP contribution in [0.1, 0.15) is 24.9 Å². The summed E-state index contributed by atoms with van der Waals surface area (Å²) in [5.41, 5.74) is 0.922. The minimum atomic E-state index is -0.341. The zero-order valence-electron chi connectivity index (χ0n) is 9.66. The van der Waals surface area contributed by atoms with E-state index in [-0.39, 0.29) is 25.3 Å². The number of aliphatic hydroxyl groups is 2. The largest absolute Gasteiger partial charge is 0.395 e. The van der Waals surface area contributed by atoms with Gasteiger partial charge >= 0.3 is 0 Å². The second-order valence-corrected chi connectivity index (χ2v) is 4.70. The molecule has 1 aromatic rings. The Kier molecular flexibility index (Phi) is 6.23. The normalized spacial score (nSPS) is 13.1. The zero-order valence-corrected chi connectivity index (χ0v) is 11.2. The summed E-state index contributed by atoms with van der Waals surface area (Å²) in [6, 6.07) is 4.98. The first-order valence-electron chi connectivity index (χ1n) is 5.55. The van der Waals surface area contributed by atoms with Crippen molar-refractivity contribution in [2.75, 3.05) is 13.2 Å². The lowest BCUT2D eigenvalue weighted by Crippen LogP contribution is -2.38. The number of benzene rings is 1. The zero-order chi connectivity index (χ0) is 12.8. The first-order valence-corrected chi connectivity index (χ1v) is 6.30. The van der Waals surface area contributed by atoms with Gasteiger partial charge in [-0.25, -0.2) is 0 Å². The van der Waals surface area contributed by atoms with Gasteiger partial charge in [-0.1, -0.05) is 36.2 Å². The summed E-state index contributed by atoms with van der Waals surface area (Å²) in [4.78, 5) is 0. The van der Waals surface area contributed by atoms with Crippen LogP contribution in [0.5, 0.6) is 0 Å². The van der Waals surface area contributed by atoms with Crippen LogP contribution in [0.2, 0.25) is 10.0 Å². The number of rotatable bonds is 6. The molecule has 0 heterocycles. The summed E-state index contributed by atoms with van der Waals surface area (Å²) in [6.45, 7) is 1.78. The molecule has 0 amide bonds. The van der Waals surface area contributed by atoms with Crippen LogP contribution in [-0.2, 0) is 0 Å². The van der Waals surface area contributed by atoms with Crippen molar-refractivity contribution >= 4 is 23.2 Å². The van der Waals surface area contributed by atoms with Gasteiger partial charge < -0.3 is 15.5 Å². The monoisotopic (exact) mass is 277 g/mol. The molecule has 5 heteroatoms. The van der Waals surface area contributed by atoms with E-state index in [9.17, 15) is 0 Å². The summed E-state index contributed by atoms with van der Waals surface area (Å²) in [5.74, 6) is 0. The third-order valence-electron chi connectivity index (χ3n) is 2.62. The maximum atomic E-state index is 9.05. The van der Waals surface area contributed by atoms with Crippen LogP contribution in [-0.4, -0.2) is 29.5 Å². The fraction of sp³-hybridized carbons (Fsp3) is 0.500. The quantitative estimate of drug-likeness (QED) is 0.749. The Morgan fingerprint density at radius 1 is 1.24 bits per heavy atom. The van der Waals surface area contributed by atoms with Crippen LogP contribution in [0.15, 0.2) is 18.2 Å². The van der Waals surface area contributed by atoms with E-state index in [0.717, 1.165) is 12.0 Å². The molecule has 3 nitrogen and oxygen atoms in total. The third-order valence-corrected chi connectivity index (χ3v) is 3.19. The molecular weight excluding hydrogens is 261 g/mol. The minimum absolute atomic E-state index is 0.0101. The molecule has 0 aromatic heterocycles. The van der Waals surface area contributed by atoms with E-state index in [0.29, 0.717) is 10.0 Å². The van der Waals surface area contributed by atoms with Crippen molar-refractivity contribution in [3.05, 3.63) is 33.8 Å². The van der Waals surface area contributed by atoms with Crippen molar-refractivity contribution in [2.24, 2.45) is 0 Å². The average Bonchev–Trinajstić information content (AvgIpc) is 2.32. The van der Waals surface area contributed by atoms with Crippen molar-refractivity contribution in [3.63, 3.8) is 0 Å². The van der Waals surface area contributed by atoms with Gasteiger partial charge in [0.05, 0.1) is 19.3 Å². The van der Waals surface area contributed by atoms with Gasteiger partial charge in [-0.2, -0.15) is 0 Å². The lowest BCUT2D eigenvalue weighted by atomic mass is 10.0. The summed E-state index contributed by atoms with van der Waals surface area (Å²) in [6.07, 6.45) is 0.803. The Bertz CT molecular complexity index is 356. The molecule has 0 saturated heterocycles. The van der Waals surface area contributed by atoms with Gasteiger partial charge in [0.25, 0.3) is 0 Å². The molecule has 17 heavy (non-hydrogen) atoms. The highest BCUT2D eigenvalue weighted by molar-refractivity contribution is 6.35. The van der Waals surface area contributed by atoms with Gasteiger partial charge in [-0.05, 0) is 24.1 Å². The summed E-state index contributed by atoms with van der Waals surface area (Å²) in [5, 5.41) is 22.4. The van der Waals surface area contributed by atoms with Crippen LogP contribution in [0, 0.1) is 0 Å². The second-order valence-electron chi connectivity index (χ2n) is 3.86. The van der Waals surface area contributed by atoms with Gasteiger partial charge in [0, 0.05) is 16.1 Å². The number of halogens is 2. The first kappa shape index (κ1) is 14.7. The van der Waals surface area contributed by atoms with Gasteiger partial charge in [0.2, 0.25) is 0 Å². The molecule has 0 saturated carbocycles. The molecule has 1 atom stereocenters. The summed E-state index contributed by atoms with van der Waals surface area (Å²) < 4.78 is 0. The Balaban J connectivity index is 2.85. The number of hydrogen-bond donors (Lipinski definition) is 3. The Morgan fingerprint density at radius 3 is 2.35 bits per heavy atom. The van der Waals surface area contributed by atoms with E-state index in [1.165, 1.54) is 0 Å². The van der Waals surface area contributed by atoms with Gasteiger partial charge in [-0.15, -0.1) is 0 Å². The average molecular weight is 278 g/mol. The number of aliphatic hydroxyl groups excluding tert-OH is 2. The van der Waals surface area contributed by atoms with E-state index in [1.807, 2.05) is 13.0 Å². The van der Waals surface area contributed by atoms with Crippen LogP contribution < -0.4 is 5.32 Å². The highest BCUT2D eigenvalue weighted by atomic mass is 35.5. The molecule has 0 bridgehead atoms. The maximum absolute atomic E-state index is 9.05. The van der Waals surface area contributed by atoms with E-state index in [4.69, 9.17) is 33.4 Å². The highest BCUT2D eigenvalue weighted by Gasteiger charge is 2.16. The molecule has 1 rings (SSSR count). The van der Waals surface area contributed by atoms with E-state index in [1.54, 1.807) is 12.1 Å². The van der Waals surface area contributed by atoms with Crippen LogP contribution in [0.3, 0.4) is 0 Å². The molecule has 0 radical (unpaired) electrons. The predicted octanol–water partition coefficient (Wildman–Crippen LogP) is 2.39. The van der Waals surface area contributed by atoms with E-state index < -0.39 is 0 Å². The van der Waals surface area contributed by atoms with E-state index >= 15 is 0 Å². The highest BCUT2D eigenvalue weighted by Crippen LogP contribution is 2.28. The summed E-state index contributed by atoms with van der Waals surface area (Å²) in [7, 11) is 0. The van der Waals surface area contributed by atoms with Gasteiger partial charge in [0.15, 0.2) is 0 Å². The van der Waals surface area contributed by atoms with Crippen molar-refractivity contribution in [1.82, 2.24) is 5.32 Å². The number of hydrogen-bond acceptors (Lipinski definition) is 3. The molecule has 3 N–H and O–H groups in total. The first-order chi connectivity index (χ1) is 8.12. The molecule has 1 unspecified atom stereocenters. The van der Waals surface area contributed by atoms with Crippen molar-refractivity contribution in [3.8, 4) is 0 Å². The fourth-order valence-corrected chi connectivity index (χ4v) is 2.20. The molecule has 0 aliphatic rings. The van der Waals surface area contributed by atoms with Crippen LogP contribution in [0.4, 0.5) is 0 Å². The molecule has 0 aliphatic heterocycles. The predicted molar refractivity (Wildman–Crippen MR) is 70.6 cm³/mol. The van der Waals surface area contributed by atoms with E-state index in [2.05, 4.69) is 5.32 Å². The molecule has 0 spiro atoms. The Hall–Kier alpha value is -0.320. The third kappa shape index (κ3) is 4.12. The van der Waals surface area contributed by atoms with Gasteiger partial charge in [0.1, 0.15) is 0 Å². The molecule has 0 aliphatic carbocycles. The maximum Gasteiger partial charge on any atom is 0.0607 e. The topological polar surface area (TPSA) is 52.5 Å². The van der Waals surface area contributed by atoms with Crippen molar-refractivity contribution in [1.29, 1.82) is 0 Å². The fourth-order valence-electron chi connectivity index (χ4n) is 1.66. The smallest absolute Gasteiger partial charge is 0.0607 e. The SMILES string of the molecule is CCC(NC(CO)CO)c1ccc(Cl)cc1Cl.